The largest absolute Gasteiger partial charge is 0.465 e. The molecule has 26 heavy (non-hydrogen) atoms. The first kappa shape index (κ1) is 18.5. The van der Waals surface area contributed by atoms with Crippen molar-refractivity contribution in [2.75, 3.05) is 31.1 Å². The van der Waals surface area contributed by atoms with Gasteiger partial charge in [-0.05, 0) is 6.92 Å². The number of aromatic amines is 1. The number of carbonyl (C=O) groups is 1. The number of carboxylic acid groups (broad SMARTS) is 1. The third-order valence-electron chi connectivity index (χ3n) is 3.86. The molecule has 0 bridgehead atoms. The number of hydrogen-bond donors (Lipinski definition) is 2. The number of rotatable bonds is 2. The summed E-state index contributed by atoms with van der Waals surface area (Å²) >= 11 is 7.25. The normalized spacial score (nSPS) is 17.2. The van der Waals surface area contributed by atoms with Crippen LogP contribution in [0.5, 0.6) is 0 Å². The van der Waals surface area contributed by atoms with Crippen molar-refractivity contribution in [2.24, 2.45) is 0 Å². The van der Waals surface area contributed by atoms with E-state index in [1.807, 2.05) is 0 Å². The second kappa shape index (κ2) is 6.80. The van der Waals surface area contributed by atoms with E-state index >= 15 is 0 Å². The van der Waals surface area contributed by atoms with E-state index in [0.29, 0.717) is 15.5 Å². The van der Waals surface area contributed by atoms with Gasteiger partial charge in [0.2, 0.25) is 0 Å². The molecule has 0 atom stereocenters. The van der Waals surface area contributed by atoms with E-state index in [0.717, 1.165) is 4.90 Å². The molecule has 0 unspecified atom stereocenters. The Balaban J connectivity index is 2.03. The summed E-state index contributed by atoms with van der Waals surface area (Å²) in [5.41, 5.74) is 1.54. The molecule has 2 aromatic heterocycles. The molecule has 0 radical (unpaired) electrons. The molecule has 0 spiro atoms. The summed E-state index contributed by atoms with van der Waals surface area (Å²) in [5, 5.41) is 8.70. The van der Waals surface area contributed by atoms with Crippen LogP contribution in [0, 0.1) is 6.92 Å². The fourth-order valence-corrected chi connectivity index (χ4v) is 3.60. The smallest absolute Gasteiger partial charge is 0.407 e. The molecule has 2 N–H and O–H groups in total. The number of thiazole rings is 1. The van der Waals surface area contributed by atoms with Gasteiger partial charge in [0.15, 0.2) is 11.6 Å². The minimum Gasteiger partial charge on any atom is -0.465 e. The van der Waals surface area contributed by atoms with Gasteiger partial charge >= 0.3 is 6.09 Å². The molecule has 1 aliphatic rings. The molecule has 3 heterocycles. The number of hydrogen-bond acceptors (Lipinski definition) is 6. The van der Waals surface area contributed by atoms with Gasteiger partial charge in [-0.2, -0.15) is 0 Å². The minimum absolute atomic E-state index is 0.0703. The molecule has 2 aromatic rings. The highest BCUT2D eigenvalue weighted by molar-refractivity contribution is 7.13. The Morgan fingerprint density at radius 1 is 1.42 bits per heavy atom. The molecular weight excluding hydrogens is 392 g/mol. The predicted octanol–water partition coefficient (Wildman–Crippen LogP) is 2.29. The van der Waals surface area contributed by atoms with Crippen molar-refractivity contribution in [1.29, 1.82) is 0 Å². The van der Waals surface area contributed by atoms with Crippen LogP contribution in [-0.2, 0) is 0 Å². The molecule has 1 amide bonds. The van der Waals surface area contributed by atoms with Crippen LogP contribution >= 0.6 is 22.9 Å². The number of halogens is 3. The molecule has 0 saturated carbocycles. The topological polar surface area (TPSA) is 102 Å². The molecule has 1 saturated heterocycles. The summed E-state index contributed by atoms with van der Waals surface area (Å²) in [6, 6.07) is 0. The van der Waals surface area contributed by atoms with Crippen molar-refractivity contribution in [1.82, 2.24) is 19.9 Å². The van der Waals surface area contributed by atoms with Gasteiger partial charge in [-0.3, -0.25) is 4.79 Å². The quantitative estimate of drug-likeness (QED) is 0.794. The fourth-order valence-electron chi connectivity index (χ4n) is 2.65. The van der Waals surface area contributed by atoms with Crippen LogP contribution in [-0.4, -0.2) is 63.2 Å². The summed E-state index contributed by atoms with van der Waals surface area (Å²) in [5.74, 6) is -3.24. The van der Waals surface area contributed by atoms with E-state index in [-0.39, 0.29) is 29.8 Å². The van der Waals surface area contributed by atoms with Crippen molar-refractivity contribution in [3.8, 4) is 10.7 Å². The van der Waals surface area contributed by atoms with Gasteiger partial charge in [-0.15, -0.1) is 11.3 Å². The lowest BCUT2D eigenvalue weighted by Crippen LogP contribution is -2.41. The molecule has 12 heteroatoms. The number of nitrogens with zero attached hydrogens (tertiary/aromatic N) is 4. The van der Waals surface area contributed by atoms with Gasteiger partial charge < -0.3 is 19.9 Å². The van der Waals surface area contributed by atoms with Crippen LogP contribution < -0.4 is 10.5 Å². The molecule has 3 rings (SSSR count). The first-order valence-corrected chi connectivity index (χ1v) is 8.74. The SMILES string of the molecule is Cc1ncsc1-c1nc(N2CCN(C(=O)O)CC(F)(F)C2)c(Cl)c(=O)[nH]1. The lowest BCUT2D eigenvalue weighted by molar-refractivity contribution is -0.0117. The number of nitrogens with one attached hydrogen (secondary N) is 1. The van der Waals surface area contributed by atoms with E-state index in [4.69, 9.17) is 16.7 Å². The lowest BCUT2D eigenvalue weighted by atomic mass is 10.3. The highest BCUT2D eigenvalue weighted by Gasteiger charge is 2.40. The standard InChI is InChI=1S/C14H14ClF2N5O3S/c1-7-9(26-6-18-7)10-19-11(8(15)12(23)20-10)21-2-3-22(13(24)25)5-14(16,17)4-21/h6H,2-5H2,1H3,(H,24,25)(H,19,20,23). The second-order valence-corrected chi connectivity index (χ2v) is 7.03. The van der Waals surface area contributed by atoms with E-state index < -0.39 is 30.7 Å². The third kappa shape index (κ3) is 3.63. The molecule has 1 fully saturated rings. The number of H-pyrrole nitrogens is 1. The highest BCUT2D eigenvalue weighted by atomic mass is 35.5. The summed E-state index contributed by atoms with van der Waals surface area (Å²) < 4.78 is 28.3. The summed E-state index contributed by atoms with van der Waals surface area (Å²) in [7, 11) is 0. The minimum atomic E-state index is -3.32. The molecule has 0 aromatic carbocycles. The van der Waals surface area contributed by atoms with Crippen LogP contribution in [0.3, 0.4) is 0 Å². The zero-order valence-electron chi connectivity index (χ0n) is 13.5. The molecule has 8 nitrogen and oxygen atoms in total. The van der Waals surface area contributed by atoms with Crippen molar-refractivity contribution in [3.63, 3.8) is 0 Å². The maximum atomic E-state index is 14.2. The molecular formula is C14H14ClF2N5O3S. The van der Waals surface area contributed by atoms with Gasteiger partial charge in [0.1, 0.15) is 5.02 Å². The highest BCUT2D eigenvalue weighted by Crippen LogP contribution is 2.30. The Bertz CT molecular complexity index is 903. The maximum absolute atomic E-state index is 14.2. The van der Waals surface area contributed by atoms with Crippen molar-refractivity contribution >= 4 is 34.8 Å². The number of aryl methyl sites for hydroxylation is 1. The molecule has 0 aliphatic carbocycles. The predicted molar refractivity (Wildman–Crippen MR) is 92.5 cm³/mol. The van der Waals surface area contributed by atoms with Gasteiger partial charge in [-0.25, -0.2) is 23.5 Å². The van der Waals surface area contributed by atoms with Gasteiger partial charge in [-0.1, -0.05) is 11.6 Å². The van der Waals surface area contributed by atoms with Crippen LogP contribution in [0.15, 0.2) is 10.3 Å². The Kier molecular flexibility index (Phi) is 4.84. The monoisotopic (exact) mass is 405 g/mol. The van der Waals surface area contributed by atoms with Crippen LogP contribution in [0.25, 0.3) is 10.7 Å². The average Bonchev–Trinajstić information content (AvgIpc) is 2.90. The zero-order chi connectivity index (χ0) is 19.1. The second-order valence-electron chi connectivity index (χ2n) is 5.80. The van der Waals surface area contributed by atoms with Gasteiger partial charge in [0.05, 0.1) is 29.2 Å². The van der Waals surface area contributed by atoms with Crippen molar-refractivity contribution < 1.29 is 18.7 Å². The average molecular weight is 406 g/mol. The first-order chi connectivity index (χ1) is 12.2. The van der Waals surface area contributed by atoms with E-state index in [9.17, 15) is 18.4 Å². The van der Waals surface area contributed by atoms with Crippen molar-refractivity contribution in [2.45, 2.75) is 12.8 Å². The molecule has 140 valence electrons. The van der Waals surface area contributed by atoms with E-state index in [1.165, 1.54) is 11.3 Å². The van der Waals surface area contributed by atoms with Gasteiger partial charge in [0.25, 0.3) is 11.5 Å². The third-order valence-corrected chi connectivity index (χ3v) is 5.14. The first-order valence-electron chi connectivity index (χ1n) is 7.49. The van der Waals surface area contributed by atoms with Crippen molar-refractivity contribution in [3.05, 3.63) is 26.6 Å². The van der Waals surface area contributed by atoms with E-state index in [1.54, 1.807) is 12.4 Å². The maximum Gasteiger partial charge on any atom is 0.407 e. The lowest BCUT2D eigenvalue weighted by Gasteiger charge is -2.25. The van der Waals surface area contributed by atoms with E-state index in [2.05, 4.69) is 15.0 Å². The number of amides is 1. The molecule has 1 aliphatic heterocycles. The summed E-state index contributed by atoms with van der Waals surface area (Å²) in [6.07, 6.45) is -1.43. The Morgan fingerprint density at radius 2 is 2.15 bits per heavy atom. The zero-order valence-corrected chi connectivity index (χ0v) is 15.1. The fraction of sp³-hybridized carbons (Fsp3) is 0.429. The Hall–Kier alpha value is -2.27. The van der Waals surface area contributed by atoms with Crippen LogP contribution in [0.4, 0.5) is 19.4 Å². The van der Waals surface area contributed by atoms with Crippen LogP contribution in [0.2, 0.25) is 5.02 Å². The van der Waals surface area contributed by atoms with Crippen LogP contribution in [0.1, 0.15) is 5.69 Å². The Morgan fingerprint density at radius 3 is 2.77 bits per heavy atom. The number of anilines is 1. The number of aromatic nitrogens is 3. The summed E-state index contributed by atoms with van der Waals surface area (Å²) in [4.78, 5) is 36.4. The Labute approximate surface area is 155 Å². The summed E-state index contributed by atoms with van der Waals surface area (Å²) in [6.45, 7) is -0.233. The van der Waals surface area contributed by atoms with Gasteiger partial charge in [0, 0.05) is 13.1 Å². The number of alkyl halides is 2.